The Balaban J connectivity index is 2.14. The van der Waals surface area contributed by atoms with Gasteiger partial charge in [-0.3, -0.25) is 14.8 Å². The summed E-state index contributed by atoms with van der Waals surface area (Å²) in [5.74, 6) is -0.0393. The van der Waals surface area contributed by atoms with Crippen LogP contribution in [0.2, 0.25) is 0 Å². The third-order valence-electron chi connectivity index (χ3n) is 3.48. The maximum atomic E-state index is 12.0. The quantitative estimate of drug-likeness (QED) is 0.861. The molecule has 4 nitrogen and oxygen atoms in total. The van der Waals surface area contributed by atoms with Gasteiger partial charge in [-0.05, 0) is 54.8 Å². The van der Waals surface area contributed by atoms with Crippen LogP contribution in [-0.2, 0) is 4.79 Å². The normalized spacial score (nSPS) is 14.1. The highest BCUT2D eigenvalue weighted by atomic mass is 16.1. The van der Waals surface area contributed by atoms with Crippen LogP contribution in [0.5, 0.6) is 0 Å². The van der Waals surface area contributed by atoms with Crippen molar-refractivity contribution in [2.45, 2.75) is 20.3 Å². The molecule has 20 heavy (non-hydrogen) atoms. The van der Waals surface area contributed by atoms with Gasteiger partial charge < -0.3 is 5.32 Å². The van der Waals surface area contributed by atoms with E-state index in [0.717, 1.165) is 33.8 Å². The number of amides is 1. The SMILES string of the molecule is Cc1cc2c(cc1C)NC(=O)CC(c1ccncc1)=N2. The Hall–Kier alpha value is -2.49. The first kappa shape index (κ1) is 12.5. The van der Waals surface area contributed by atoms with E-state index in [2.05, 4.69) is 15.3 Å². The van der Waals surface area contributed by atoms with Gasteiger partial charge in [-0.25, -0.2) is 0 Å². The van der Waals surface area contributed by atoms with Gasteiger partial charge in [0.2, 0.25) is 5.91 Å². The number of carbonyl (C=O) groups excluding carboxylic acids is 1. The van der Waals surface area contributed by atoms with Crippen molar-refractivity contribution < 1.29 is 4.79 Å². The Bertz CT molecular complexity index is 705. The van der Waals surface area contributed by atoms with E-state index < -0.39 is 0 Å². The molecule has 0 aliphatic carbocycles. The van der Waals surface area contributed by atoms with Gasteiger partial charge in [0.1, 0.15) is 0 Å². The monoisotopic (exact) mass is 265 g/mol. The maximum Gasteiger partial charge on any atom is 0.230 e. The van der Waals surface area contributed by atoms with Gasteiger partial charge in [0.25, 0.3) is 0 Å². The zero-order valence-electron chi connectivity index (χ0n) is 11.5. The van der Waals surface area contributed by atoms with E-state index in [9.17, 15) is 4.79 Å². The van der Waals surface area contributed by atoms with E-state index >= 15 is 0 Å². The Labute approximate surface area is 117 Å². The first-order chi connectivity index (χ1) is 9.63. The van der Waals surface area contributed by atoms with Crippen molar-refractivity contribution in [3.8, 4) is 0 Å². The minimum absolute atomic E-state index is 0.0393. The second-order valence-electron chi connectivity index (χ2n) is 4.97. The molecule has 2 aromatic rings. The number of rotatable bonds is 1. The zero-order valence-corrected chi connectivity index (χ0v) is 11.5. The number of aromatic nitrogens is 1. The fraction of sp³-hybridized carbons (Fsp3) is 0.188. The molecule has 100 valence electrons. The molecule has 2 heterocycles. The summed E-state index contributed by atoms with van der Waals surface area (Å²) >= 11 is 0. The smallest absolute Gasteiger partial charge is 0.230 e. The van der Waals surface area contributed by atoms with Crippen LogP contribution in [0.3, 0.4) is 0 Å². The lowest BCUT2D eigenvalue weighted by Gasteiger charge is -2.08. The predicted molar refractivity (Wildman–Crippen MR) is 79.6 cm³/mol. The number of nitrogens with one attached hydrogen (secondary N) is 1. The molecule has 3 rings (SSSR count). The van der Waals surface area contributed by atoms with Crippen LogP contribution in [0.4, 0.5) is 11.4 Å². The molecule has 0 atom stereocenters. The molecule has 0 unspecified atom stereocenters. The number of hydrogen-bond donors (Lipinski definition) is 1. The molecule has 1 N–H and O–H groups in total. The van der Waals surface area contributed by atoms with E-state index in [1.54, 1.807) is 12.4 Å². The third kappa shape index (κ3) is 2.32. The molecular formula is C16H15N3O. The van der Waals surface area contributed by atoms with E-state index in [1.807, 2.05) is 38.1 Å². The van der Waals surface area contributed by atoms with Crippen LogP contribution in [0.15, 0.2) is 41.7 Å². The number of aliphatic imine (C=N–C) groups is 1. The lowest BCUT2D eigenvalue weighted by atomic mass is 10.1. The molecule has 0 saturated carbocycles. The number of anilines is 1. The van der Waals surface area contributed by atoms with Gasteiger partial charge in [0.15, 0.2) is 0 Å². The second kappa shape index (κ2) is 4.89. The molecule has 0 fully saturated rings. The highest BCUT2D eigenvalue weighted by Crippen LogP contribution is 2.31. The molecule has 1 aliphatic heterocycles. The molecule has 0 saturated heterocycles. The highest BCUT2D eigenvalue weighted by molar-refractivity contribution is 6.16. The van der Waals surface area contributed by atoms with Crippen LogP contribution < -0.4 is 5.32 Å². The van der Waals surface area contributed by atoms with Gasteiger partial charge in [0, 0.05) is 12.4 Å². The fourth-order valence-corrected chi connectivity index (χ4v) is 2.24. The molecular weight excluding hydrogens is 250 g/mol. The van der Waals surface area contributed by atoms with Crippen LogP contribution in [0.25, 0.3) is 0 Å². The van der Waals surface area contributed by atoms with Crippen LogP contribution in [0.1, 0.15) is 23.1 Å². The first-order valence-corrected chi connectivity index (χ1v) is 6.52. The first-order valence-electron chi connectivity index (χ1n) is 6.52. The van der Waals surface area contributed by atoms with E-state index in [0.29, 0.717) is 0 Å². The van der Waals surface area contributed by atoms with Crippen molar-refractivity contribution in [2.24, 2.45) is 4.99 Å². The Kier molecular flexibility index (Phi) is 3.06. The highest BCUT2D eigenvalue weighted by Gasteiger charge is 2.17. The molecule has 0 bridgehead atoms. The Morgan fingerprint density at radius 3 is 2.55 bits per heavy atom. The second-order valence-corrected chi connectivity index (χ2v) is 4.97. The lowest BCUT2D eigenvalue weighted by Crippen LogP contribution is -2.15. The van der Waals surface area contributed by atoms with Crippen molar-refractivity contribution in [1.29, 1.82) is 0 Å². The average molecular weight is 265 g/mol. The van der Waals surface area contributed by atoms with Gasteiger partial charge in [-0.2, -0.15) is 0 Å². The number of fused-ring (bicyclic) bond motifs is 1. The molecule has 1 amide bonds. The predicted octanol–water partition coefficient (Wildman–Crippen LogP) is 3.16. The topological polar surface area (TPSA) is 54.4 Å². The van der Waals surface area contributed by atoms with Crippen molar-refractivity contribution in [3.05, 3.63) is 53.3 Å². The summed E-state index contributed by atoms with van der Waals surface area (Å²) in [7, 11) is 0. The van der Waals surface area contributed by atoms with Gasteiger partial charge in [-0.15, -0.1) is 0 Å². The Morgan fingerprint density at radius 1 is 1.10 bits per heavy atom. The largest absolute Gasteiger partial charge is 0.324 e. The zero-order chi connectivity index (χ0) is 14.1. The summed E-state index contributed by atoms with van der Waals surface area (Å²) in [6.45, 7) is 4.07. The molecule has 1 aliphatic rings. The number of carbonyl (C=O) groups is 1. The number of pyridine rings is 1. The molecule has 4 heteroatoms. The van der Waals surface area contributed by atoms with E-state index in [1.165, 1.54) is 0 Å². The van der Waals surface area contributed by atoms with Crippen molar-refractivity contribution in [2.75, 3.05) is 5.32 Å². The lowest BCUT2D eigenvalue weighted by molar-refractivity contribution is -0.115. The molecule has 0 spiro atoms. The van der Waals surface area contributed by atoms with Gasteiger partial charge in [0.05, 0.1) is 23.5 Å². The van der Waals surface area contributed by atoms with Crippen LogP contribution >= 0.6 is 0 Å². The summed E-state index contributed by atoms with van der Waals surface area (Å²) in [4.78, 5) is 20.7. The average Bonchev–Trinajstić information content (AvgIpc) is 2.59. The summed E-state index contributed by atoms with van der Waals surface area (Å²) in [5.41, 5.74) is 5.60. The summed E-state index contributed by atoms with van der Waals surface area (Å²) in [6.07, 6.45) is 3.70. The standard InChI is InChI=1S/C16H15N3O/c1-10-7-14-15(8-11(10)2)19-16(20)9-13(18-14)12-3-5-17-6-4-12/h3-8H,9H2,1-2H3,(H,19,20). The molecule has 0 radical (unpaired) electrons. The van der Waals surface area contributed by atoms with Crippen LogP contribution in [0, 0.1) is 13.8 Å². The number of nitrogens with zero attached hydrogens (tertiary/aromatic N) is 2. The van der Waals surface area contributed by atoms with Crippen molar-refractivity contribution in [3.63, 3.8) is 0 Å². The fourth-order valence-electron chi connectivity index (χ4n) is 2.24. The molecule has 1 aromatic carbocycles. The summed E-state index contributed by atoms with van der Waals surface area (Å²) < 4.78 is 0. The van der Waals surface area contributed by atoms with Crippen LogP contribution in [-0.4, -0.2) is 16.6 Å². The Morgan fingerprint density at radius 2 is 1.80 bits per heavy atom. The minimum atomic E-state index is -0.0393. The third-order valence-corrected chi connectivity index (χ3v) is 3.48. The number of benzene rings is 1. The minimum Gasteiger partial charge on any atom is -0.324 e. The summed E-state index contributed by atoms with van der Waals surface area (Å²) in [5, 5.41) is 2.92. The van der Waals surface area contributed by atoms with Gasteiger partial charge in [-0.1, -0.05) is 0 Å². The van der Waals surface area contributed by atoms with E-state index in [-0.39, 0.29) is 12.3 Å². The number of hydrogen-bond acceptors (Lipinski definition) is 3. The van der Waals surface area contributed by atoms with E-state index in [4.69, 9.17) is 0 Å². The summed E-state index contributed by atoms with van der Waals surface area (Å²) in [6, 6.07) is 7.73. The number of aryl methyl sites for hydroxylation is 2. The maximum absolute atomic E-state index is 12.0. The van der Waals surface area contributed by atoms with Crippen molar-refractivity contribution >= 4 is 23.0 Å². The molecule has 1 aromatic heterocycles. The van der Waals surface area contributed by atoms with Crippen molar-refractivity contribution in [1.82, 2.24) is 4.98 Å². The van der Waals surface area contributed by atoms with Gasteiger partial charge >= 0.3 is 0 Å².